The average Bonchev–Trinajstić information content (AvgIpc) is 2.36. The third kappa shape index (κ3) is 3.13. The highest BCUT2D eigenvalue weighted by atomic mass is 35.5. The van der Waals surface area contributed by atoms with Crippen LogP contribution >= 0.6 is 23.2 Å². The number of carbonyl (C=O) groups is 1. The first-order chi connectivity index (χ1) is 8.97. The van der Waals surface area contributed by atoms with E-state index < -0.39 is 5.91 Å². The summed E-state index contributed by atoms with van der Waals surface area (Å²) in [5, 5.41) is 3.00. The second-order valence-corrected chi connectivity index (χ2v) is 4.60. The third-order valence-corrected chi connectivity index (χ3v) is 2.92. The normalized spacial score (nSPS) is 10.3. The summed E-state index contributed by atoms with van der Waals surface area (Å²) in [6.45, 7) is 0. The number of nitrogens with one attached hydrogen (secondary N) is 1. The van der Waals surface area contributed by atoms with Gasteiger partial charge in [0.2, 0.25) is 5.56 Å². The van der Waals surface area contributed by atoms with Crippen molar-refractivity contribution in [1.82, 2.24) is 9.55 Å². The zero-order chi connectivity index (χ0) is 14.0. The summed E-state index contributed by atoms with van der Waals surface area (Å²) in [4.78, 5) is 27.0. The van der Waals surface area contributed by atoms with Crippen molar-refractivity contribution >= 4 is 34.8 Å². The summed E-state index contributed by atoms with van der Waals surface area (Å²) in [5.74, 6) is -0.423. The molecule has 2 aromatic heterocycles. The van der Waals surface area contributed by atoms with Gasteiger partial charge in [-0.15, -0.1) is 0 Å². The van der Waals surface area contributed by atoms with Crippen molar-refractivity contribution in [3.05, 3.63) is 56.7 Å². The third-order valence-electron chi connectivity index (χ3n) is 2.41. The highest BCUT2D eigenvalue weighted by molar-refractivity contribution is 6.35. The van der Waals surface area contributed by atoms with E-state index in [0.717, 1.165) is 0 Å². The Balaban J connectivity index is 2.28. The first-order valence-electron chi connectivity index (χ1n) is 5.26. The summed E-state index contributed by atoms with van der Waals surface area (Å²) in [7, 11) is 1.59. The molecule has 1 amide bonds. The number of rotatable bonds is 2. The fourth-order valence-corrected chi connectivity index (χ4v) is 1.80. The molecule has 0 saturated heterocycles. The maximum Gasteiger partial charge on any atom is 0.257 e. The van der Waals surface area contributed by atoms with Gasteiger partial charge in [0.15, 0.2) is 0 Å². The van der Waals surface area contributed by atoms with Gasteiger partial charge >= 0.3 is 0 Å². The van der Waals surface area contributed by atoms with E-state index in [1.54, 1.807) is 7.05 Å². The number of hydrogen-bond donors (Lipinski definition) is 1. The summed E-state index contributed by atoms with van der Waals surface area (Å²) in [6.07, 6.45) is 2.82. The van der Waals surface area contributed by atoms with Crippen LogP contribution in [0.15, 0.2) is 35.4 Å². The van der Waals surface area contributed by atoms with Crippen LogP contribution in [-0.4, -0.2) is 15.5 Å². The highest BCUT2D eigenvalue weighted by Crippen LogP contribution is 2.19. The summed E-state index contributed by atoms with van der Waals surface area (Å²) in [6, 6.07) is 4.24. The molecule has 0 aliphatic rings. The molecular weight excluding hydrogens is 289 g/mol. The number of anilines is 1. The molecule has 98 valence electrons. The van der Waals surface area contributed by atoms with Gasteiger partial charge in [0.1, 0.15) is 5.15 Å². The van der Waals surface area contributed by atoms with E-state index in [0.29, 0.717) is 5.69 Å². The Hall–Kier alpha value is -1.85. The van der Waals surface area contributed by atoms with Crippen LogP contribution in [0.25, 0.3) is 0 Å². The molecule has 0 aliphatic heterocycles. The van der Waals surface area contributed by atoms with Gasteiger partial charge < -0.3 is 9.88 Å². The summed E-state index contributed by atoms with van der Waals surface area (Å²) in [5.41, 5.74) is 0.537. The SMILES string of the molecule is Cn1cc(NC(=O)c2cc(Cl)ncc2Cl)ccc1=O. The largest absolute Gasteiger partial charge is 0.321 e. The van der Waals surface area contributed by atoms with Gasteiger partial charge in [-0.25, -0.2) is 4.98 Å². The molecule has 2 rings (SSSR count). The number of aromatic nitrogens is 2. The van der Waals surface area contributed by atoms with Crippen LogP contribution in [0.3, 0.4) is 0 Å². The molecule has 0 fully saturated rings. The van der Waals surface area contributed by atoms with Crippen LogP contribution in [0.4, 0.5) is 5.69 Å². The average molecular weight is 298 g/mol. The van der Waals surface area contributed by atoms with E-state index in [1.807, 2.05) is 0 Å². The standard InChI is InChI=1S/C12H9Cl2N3O2/c1-17-6-7(2-3-11(17)18)16-12(19)8-4-10(14)15-5-9(8)13/h2-6H,1H3,(H,16,19). The molecule has 19 heavy (non-hydrogen) atoms. The zero-order valence-corrected chi connectivity index (χ0v) is 11.4. The van der Waals surface area contributed by atoms with Crippen molar-refractivity contribution in [2.45, 2.75) is 0 Å². The van der Waals surface area contributed by atoms with Gasteiger partial charge in [-0.05, 0) is 12.1 Å². The van der Waals surface area contributed by atoms with Crippen LogP contribution in [0, 0.1) is 0 Å². The van der Waals surface area contributed by atoms with Gasteiger partial charge in [-0.2, -0.15) is 0 Å². The summed E-state index contributed by atoms with van der Waals surface area (Å²) >= 11 is 11.6. The van der Waals surface area contributed by atoms with Gasteiger partial charge in [0, 0.05) is 25.5 Å². The van der Waals surface area contributed by atoms with Crippen LogP contribution in [0.5, 0.6) is 0 Å². The lowest BCUT2D eigenvalue weighted by atomic mass is 10.2. The molecule has 0 spiro atoms. The lowest BCUT2D eigenvalue weighted by Gasteiger charge is -2.07. The molecule has 0 saturated carbocycles. The van der Waals surface area contributed by atoms with Crippen molar-refractivity contribution in [3.63, 3.8) is 0 Å². The quantitative estimate of drug-likeness (QED) is 0.866. The topological polar surface area (TPSA) is 64.0 Å². The lowest BCUT2D eigenvalue weighted by molar-refractivity contribution is 0.102. The van der Waals surface area contributed by atoms with E-state index >= 15 is 0 Å². The predicted molar refractivity (Wildman–Crippen MR) is 73.9 cm³/mol. The van der Waals surface area contributed by atoms with Gasteiger partial charge in [0.05, 0.1) is 16.3 Å². The Kier molecular flexibility index (Phi) is 3.87. The van der Waals surface area contributed by atoms with Gasteiger partial charge in [-0.3, -0.25) is 9.59 Å². The molecule has 1 N–H and O–H groups in total. The van der Waals surface area contributed by atoms with Crippen LogP contribution < -0.4 is 10.9 Å². The maximum absolute atomic E-state index is 12.0. The lowest BCUT2D eigenvalue weighted by Crippen LogP contribution is -2.18. The number of nitrogens with zero attached hydrogens (tertiary/aromatic N) is 2. The predicted octanol–water partition coefficient (Wildman–Crippen LogP) is 2.34. The molecule has 0 aliphatic carbocycles. The minimum Gasteiger partial charge on any atom is -0.321 e. The second kappa shape index (κ2) is 5.42. The number of carbonyl (C=O) groups excluding carboxylic acids is 1. The smallest absolute Gasteiger partial charge is 0.257 e. The fraction of sp³-hybridized carbons (Fsp3) is 0.0833. The number of amides is 1. The molecular formula is C12H9Cl2N3O2. The van der Waals surface area contributed by atoms with E-state index in [1.165, 1.54) is 35.2 Å². The van der Waals surface area contributed by atoms with Crippen LogP contribution in [-0.2, 0) is 7.05 Å². The minimum absolute atomic E-state index is 0.164. The van der Waals surface area contributed by atoms with Crippen molar-refractivity contribution in [3.8, 4) is 0 Å². The van der Waals surface area contributed by atoms with Crippen molar-refractivity contribution in [2.24, 2.45) is 7.05 Å². The fourth-order valence-electron chi connectivity index (χ4n) is 1.45. The molecule has 0 unspecified atom stereocenters. The van der Waals surface area contributed by atoms with Crippen molar-refractivity contribution < 1.29 is 4.79 Å². The molecule has 2 aromatic rings. The van der Waals surface area contributed by atoms with Crippen molar-refractivity contribution in [2.75, 3.05) is 5.32 Å². The Bertz CT molecular complexity index is 698. The Labute approximate surface area is 118 Å². The number of aryl methyl sites for hydroxylation is 1. The van der Waals surface area contributed by atoms with E-state index in [9.17, 15) is 9.59 Å². The number of halogens is 2. The highest BCUT2D eigenvalue weighted by Gasteiger charge is 2.12. The Morgan fingerprint density at radius 1 is 1.37 bits per heavy atom. The molecule has 0 atom stereocenters. The van der Waals surface area contributed by atoms with Gasteiger partial charge in [-0.1, -0.05) is 23.2 Å². The van der Waals surface area contributed by atoms with E-state index in [2.05, 4.69) is 10.3 Å². The van der Waals surface area contributed by atoms with Crippen molar-refractivity contribution in [1.29, 1.82) is 0 Å². The molecule has 2 heterocycles. The first kappa shape index (κ1) is 13.6. The number of hydrogen-bond acceptors (Lipinski definition) is 3. The first-order valence-corrected chi connectivity index (χ1v) is 6.02. The maximum atomic E-state index is 12.0. The molecule has 0 radical (unpaired) electrons. The molecule has 7 heteroatoms. The molecule has 0 aromatic carbocycles. The number of pyridine rings is 2. The molecule has 0 bridgehead atoms. The van der Waals surface area contributed by atoms with Crippen LogP contribution in [0.1, 0.15) is 10.4 Å². The molecule has 5 nitrogen and oxygen atoms in total. The Morgan fingerprint density at radius 2 is 2.11 bits per heavy atom. The van der Waals surface area contributed by atoms with Crippen LogP contribution in [0.2, 0.25) is 10.2 Å². The zero-order valence-electron chi connectivity index (χ0n) is 9.85. The minimum atomic E-state index is -0.423. The Morgan fingerprint density at radius 3 is 2.79 bits per heavy atom. The second-order valence-electron chi connectivity index (χ2n) is 3.81. The summed E-state index contributed by atoms with van der Waals surface area (Å²) < 4.78 is 1.36. The van der Waals surface area contributed by atoms with E-state index in [4.69, 9.17) is 23.2 Å². The van der Waals surface area contributed by atoms with E-state index in [-0.39, 0.29) is 21.3 Å². The monoisotopic (exact) mass is 297 g/mol. The van der Waals surface area contributed by atoms with Gasteiger partial charge in [0.25, 0.3) is 5.91 Å².